The smallest absolute Gasteiger partial charge is 0.255 e. The van der Waals surface area contributed by atoms with Crippen LogP contribution in [0.2, 0.25) is 5.02 Å². The zero-order valence-corrected chi connectivity index (χ0v) is 12.8. The standard InChI is InChI=1S/C17H18ClNO3/c18-14-8-6-13(7-9-14)12-22-16-5-2-1-4-15(16)17(21)19-10-3-11-20/h1-2,4-9,20H,3,10-12H2,(H,19,21). The molecule has 0 spiro atoms. The lowest BCUT2D eigenvalue weighted by Crippen LogP contribution is -2.25. The molecule has 0 heterocycles. The van der Waals surface area contributed by atoms with Crippen LogP contribution in [0.25, 0.3) is 0 Å². The Hall–Kier alpha value is -2.04. The number of aliphatic hydroxyl groups is 1. The van der Waals surface area contributed by atoms with Crippen molar-refractivity contribution in [3.8, 4) is 5.75 Å². The van der Waals surface area contributed by atoms with E-state index in [9.17, 15) is 4.79 Å². The van der Waals surface area contributed by atoms with Gasteiger partial charge < -0.3 is 15.2 Å². The van der Waals surface area contributed by atoms with Crippen molar-refractivity contribution < 1.29 is 14.6 Å². The first kappa shape index (κ1) is 16.3. The van der Waals surface area contributed by atoms with E-state index in [4.69, 9.17) is 21.4 Å². The third-order valence-corrected chi connectivity index (χ3v) is 3.31. The lowest BCUT2D eigenvalue weighted by molar-refractivity contribution is 0.0946. The number of carbonyl (C=O) groups is 1. The molecule has 0 saturated heterocycles. The van der Waals surface area contributed by atoms with Crippen LogP contribution in [-0.4, -0.2) is 24.2 Å². The van der Waals surface area contributed by atoms with E-state index in [1.54, 1.807) is 30.3 Å². The van der Waals surface area contributed by atoms with Crippen molar-refractivity contribution in [2.45, 2.75) is 13.0 Å². The third-order valence-electron chi connectivity index (χ3n) is 3.06. The van der Waals surface area contributed by atoms with Crippen LogP contribution >= 0.6 is 11.6 Å². The molecule has 4 nitrogen and oxygen atoms in total. The van der Waals surface area contributed by atoms with Gasteiger partial charge in [-0.05, 0) is 36.2 Å². The molecule has 0 aliphatic carbocycles. The number of benzene rings is 2. The first-order chi connectivity index (χ1) is 10.7. The summed E-state index contributed by atoms with van der Waals surface area (Å²) < 4.78 is 5.74. The Labute approximate surface area is 134 Å². The van der Waals surface area contributed by atoms with Crippen molar-refractivity contribution in [1.29, 1.82) is 0 Å². The summed E-state index contributed by atoms with van der Waals surface area (Å²) in [4.78, 5) is 12.1. The molecule has 0 aliphatic rings. The summed E-state index contributed by atoms with van der Waals surface area (Å²) in [6.45, 7) is 0.841. The SMILES string of the molecule is O=C(NCCCO)c1ccccc1OCc1ccc(Cl)cc1. The molecule has 0 aromatic heterocycles. The minimum atomic E-state index is -0.208. The zero-order chi connectivity index (χ0) is 15.8. The van der Waals surface area contributed by atoms with Crippen LogP contribution in [0, 0.1) is 0 Å². The molecule has 0 atom stereocenters. The van der Waals surface area contributed by atoms with Gasteiger partial charge in [-0.1, -0.05) is 35.9 Å². The van der Waals surface area contributed by atoms with Crippen LogP contribution in [0.3, 0.4) is 0 Å². The molecule has 0 aliphatic heterocycles. The van der Waals surface area contributed by atoms with Gasteiger partial charge >= 0.3 is 0 Å². The third kappa shape index (κ3) is 4.76. The number of amides is 1. The van der Waals surface area contributed by atoms with E-state index in [1.165, 1.54) is 0 Å². The molecule has 2 aromatic carbocycles. The van der Waals surface area contributed by atoms with Crippen molar-refractivity contribution >= 4 is 17.5 Å². The molecular formula is C17H18ClNO3. The maximum absolute atomic E-state index is 12.1. The number of hydrogen-bond donors (Lipinski definition) is 2. The Morgan fingerprint density at radius 3 is 2.59 bits per heavy atom. The number of nitrogens with one attached hydrogen (secondary N) is 1. The van der Waals surface area contributed by atoms with Gasteiger partial charge in [-0.15, -0.1) is 0 Å². The topological polar surface area (TPSA) is 58.6 Å². The minimum absolute atomic E-state index is 0.0506. The Kier molecular flexibility index (Phi) is 6.25. The fraction of sp³-hybridized carbons (Fsp3) is 0.235. The summed E-state index contributed by atoms with van der Waals surface area (Å²) >= 11 is 5.84. The van der Waals surface area contributed by atoms with Gasteiger partial charge in [0.05, 0.1) is 5.56 Å². The van der Waals surface area contributed by atoms with Gasteiger partial charge in [0, 0.05) is 18.2 Å². The average molecular weight is 320 g/mol. The van der Waals surface area contributed by atoms with E-state index in [0.29, 0.717) is 35.9 Å². The van der Waals surface area contributed by atoms with Crippen molar-refractivity contribution in [2.24, 2.45) is 0 Å². The molecule has 5 heteroatoms. The van der Waals surface area contributed by atoms with E-state index in [1.807, 2.05) is 18.2 Å². The van der Waals surface area contributed by atoms with E-state index in [2.05, 4.69) is 5.32 Å². The van der Waals surface area contributed by atoms with Gasteiger partial charge in [0.15, 0.2) is 0 Å². The molecule has 2 rings (SSSR count). The van der Waals surface area contributed by atoms with E-state index in [-0.39, 0.29) is 12.5 Å². The highest BCUT2D eigenvalue weighted by Gasteiger charge is 2.11. The first-order valence-corrected chi connectivity index (χ1v) is 7.44. The fourth-order valence-corrected chi connectivity index (χ4v) is 2.02. The lowest BCUT2D eigenvalue weighted by Gasteiger charge is -2.11. The van der Waals surface area contributed by atoms with Gasteiger partial charge in [-0.2, -0.15) is 0 Å². The second kappa shape index (κ2) is 8.41. The molecule has 1 amide bonds. The average Bonchev–Trinajstić information content (AvgIpc) is 2.55. The highest BCUT2D eigenvalue weighted by molar-refractivity contribution is 6.30. The molecule has 0 bridgehead atoms. The maximum atomic E-state index is 12.1. The van der Waals surface area contributed by atoms with Crippen molar-refractivity contribution in [2.75, 3.05) is 13.2 Å². The fourth-order valence-electron chi connectivity index (χ4n) is 1.90. The molecule has 0 saturated carbocycles. The molecule has 0 fully saturated rings. The quantitative estimate of drug-likeness (QED) is 0.771. The Morgan fingerprint density at radius 1 is 1.14 bits per heavy atom. The summed E-state index contributed by atoms with van der Waals surface area (Å²) in [7, 11) is 0. The number of para-hydroxylation sites is 1. The van der Waals surface area contributed by atoms with E-state index in [0.717, 1.165) is 5.56 Å². The van der Waals surface area contributed by atoms with Crippen LogP contribution < -0.4 is 10.1 Å². The second-order valence-electron chi connectivity index (χ2n) is 4.74. The van der Waals surface area contributed by atoms with Crippen molar-refractivity contribution in [1.82, 2.24) is 5.32 Å². The highest BCUT2D eigenvalue weighted by atomic mass is 35.5. The normalized spacial score (nSPS) is 10.3. The predicted molar refractivity (Wildman–Crippen MR) is 86.3 cm³/mol. The second-order valence-corrected chi connectivity index (χ2v) is 5.18. The summed E-state index contributed by atoms with van der Waals surface area (Å²) in [6.07, 6.45) is 0.527. The number of carbonyl (C=O) groups excluding carboxylic acids is 1. The molecule has 2 aromatic rings. The molecule has 22 heavy (non-hydrogen) atoms. The van der Waals surface area contributed by atoms with Gasteiger partial charge in [-0.3, -0.25) is 4.79 Å². The lowest BCUT2D eigenvalue weighted by atomic mass is 10.2. The summed E-state index contributed by atoms with van der Waals surface area (Å²) in [5.41, 5.74) is 1.45. The van der Waals surface area contributed by atoms with Crippen LogP contribution in [0.1, 0.15) is 22.3 Å². The summed E-state index contributed by atoms with van der Waals surface area (Å²) in [5, 5.41) is 12.2. The van der Waals surface area contributed by atoms with Crippen molar-refractivity contribution in [3.05, 3.63) is 64.7 Å². The minimum Gasteiger partial charge on any atom is -0.488 e. The van der Waals surface area contributed by atoms with Gasteiger partial charge in [0.25, 0.3) is 5.91 Å². The van der Waals surface area contributed by atoms with E-state index < -0.39 is 0 Å². The predicted octanol–water partition coefficient (Wildman–Crippen LogP) is 3.03. The first-order valence-electron chi connectivity index (χ1n) is 7.06. The Morgan fingerprint density at radius 2 is 1.86 bits per heavy atom. The van der Waals surface area contributed by atoms with Gasteiger partial charge in [0.2, 0.25) is 0 Å². The molecule has 2 N–H and O–H groups in total. The summed E-state index contributed by atoms with van der Waals surface area (Å²) in [6, 6.07) is 14.4. The van der Waals surface area contributed by atoms with Crippen LogP contribution in [0.5, 0.6) is 5.75 Å². The van der Waals surface area contributed by atoms with Crippen LogP contribution in [-0.2, 0) is 6.61 Å². The van der Waals surface area contributed by atoms with Crippen molar-refractivity contribution in [3.63, 3.8) is 0 Å². The molecule has 0 unspecified atom stereocenters. The largest absolute Gasteiger partial charge is 0.488 e. The Bertz CT molecular complexity index is 614. The van der Waals surface area contributed by atoms with Crippen LogP contribution in [0.15, 0.2) is 48.5 Å². The monoisotopic (exact) mass is 319 g/mol. The maximum Gasteiger partial charge on any atom is 0.255 e. The number of ether oxygens (including phenoxy) is 1. The Balaban J connectivity index is 2.01. The summed E-state index contributed by atoms with van der Waals surface area (Å²) in [5.74, 6) is 0.319. The highest BCUT2D eigenvalue weighted by Crippen LogP contribution is 2.20. The van der Waals surface area contributed by atoms with Gasteiger partial charge in [0.1, 0.15) is 12.4 Å². The number of aliphatic hydroxyl groups excluding tert-OH is 1. The molecule has 0 radical (unpaired) electrons. The van der Waals surface area contributed by atoms with E-state index >= 15 is 0 Å². The number of hydrogen-bond acceptors (Lipinski definition) is 3. The molecule has 116 valence electrons. The van der Waals surface area contributed by atoms with Gasteiger partial charge in [-0.25, -0.2) is 0 Å². The molecular weight excluding hydrogens is 302 g/mol. The number of halogens is 1. The van der Waals surface area contributed by atoms with Crippen LogP contribution in [0.4, 0.5) is 0 Å². The number of rotatable bonds is 7. The zero-order valence-electron chi connectivity index (χ0n) is 12.1.